The maximum Gasteiger partial charge on any atom is 0.165 e. The Morgan fingerprint density at radius 3 is 2.00 bits per heavy atom. The monoisotopic (exact) mass is 766 g/mol. The Morgan fingerprint density at radius 2 is 1.19 bits per heavy atom. The van der Waals surface area contributed by atoms with Crippen LogP contribution in [0.3, 0.4) is 0 Å². The summed E-state index contributed by atoms with van der Waals surface area (Å²) in [6, 6.07) is 45.8. The predicted octanol–water partition coefficient (Wildman–Crippen LogP) is 14.4. The average molecular weight is 767 g/mol. The molecular formula is C51H34N4S2. The molecule has 0 aliphatic heterocycles. The van der Waals surface area contributed by atoms with Gasteiger partial charge < -0.3 is 4.57 Å². The molecule has 4 heterocycles. The van der Waals surface area contributed by atoms with Gasteiger partial charge in [-0.15, -0.1) is 22.7 Å². The van der Waals surface area contributed by atoms with Crippen molar-refractivity contribution in [2.75, 3.05) is 0 Å². The van der Waals surface area contributed by atoms with Crippen LogP contribution in [-0.4, -0.2) is 19.5 Å². The SMILES string of the molecule is C1=CC(C2C=CC(n3c4ccccc4c4cc(-c5nc(-c6ccc7c(c6)sc6ccccc67)nc(-c6cccc7c6sc6ccccc67)n5)ccc43)=CC2)=CCC1. The van der Waals surface area contributed by atoms with E-state index in [-0.39, 0.29) is 0 Å². The van der Waals surface area contributed by atoms with E-state index in [2.05, 4.69) is 168 Å². The summed E-state index contributed by atoms with van der Waals surface area (Å²) >= 11 is 3.61. The minimum atomic E-state index is 0.426. The van der Waals surface area contributed by atoms with Gasteiger partial charge in [-0.2, -0.15) is 0 Å². The van der Waals surface area contributed by atoms with Crippen LogP contribution in [0.25, 0.3) is 102 Å². The van der Waals surface area contributed by atoms with Crippen LogP contribution in [-0.2, 0) is 0 Å². The van der Waals surface area contributed by atoms with Crippen molar-refractivity contribution >= 4 is 90.5 Å². The fraction of sp³-hybridized carbons (Fsp3) is 0.0784. The van der Waals surface area contributed by atoms with Gasteiger partial charge in [-0.3, -0.25) is 0 Å². The number of thiophene rings is 2. The standard InChI is InChI=1S/C51H34N4S2/c1-2-11-31(12-3-1)32-21-25-35(26-22-32)55-43-18-7-4-13-36(43)42-29-33(24-28-44(42)55)49-52-50(34-23-27-39-37-14-5-8-19-45(37)56-47(39)30-34)54-51(53-49)41-17-10-16-40-38-15-6-9-20-46(38)57-48(40)41/h2,4-21,23-30,32H,1,3,22H2. The molecule has 0 saturated carbocycles. The van der Waals surface area contributed by atoms with Crippen molar-refractivity contribution in [3.05, 3.63) is 169 Å². The van der Waals surface area contributed by atoms with Crippen LogP contribution in [0, 0.1) is 5.92 Å². The number of nitrogens with zero attached hydrogens (tertiary/aromatic N) is 4. The molecule has 4 nitrogen and oxygen atoms in total. The van der Waals surface area contributed by atoms with Gasteiger partial charge >= 0.3 is 0 Å². The third-order valence-corrected chi connectivity index (χ3v) is 14.0. The molecule has 0 fully saturated rings. The van der Waals surface area contributed by atoms with Gasteiger partial charge in [0.1, 0.15) is 0 Å². The topological polar surface area (TPSA) is 43.6 Å². The van der Waals surface area contributed by atoms with Crippen molar-refractivity contribution < 1.29 is 0 Å². The van der Waals surface area contributed by atoms with Crippen LogP contribution >= 0.6 is 22.7 Å². The van der Waals surface area contributed by atoms with E-state index in [9.17, 15) is 0 Å². The van der Waals surface area contributed by atoms with Crippen LogP contribution in [0.1, 0.15) is 19.3 Å². The number of aromatic nitrogens is 4. The Morgan fingerprint density at radius 1 is 0.509 bits per heavy atom. The number of rotatable bonds is 5. The molecule has 0 amide bonds. The second-order valence-corrected chi connectivity index (χ2v) is 17.1. The Hall–Kier alpha value is -6.47. The van der Waals surface area contributed by atoms with Crippen LogP contribution in [0.2, 0.25) is 0 Å². The molecule has 270 valence electrons. The van der Waals surface area contributed by atoms with E-state index in [4.69, 9.17) is 15.0 Å². The van der Waals surface area contributed by atoms with Crippen molar-refractivity contribution in [1.29, 1.82) is 0 Å². The zero-order valence-electron chi connectivity index (χ0n) is 30.9. The number of allylic oxidation sites excluding steroid dienone is 8. The fourth-order valence-corrected chi connectivity index (χ4v) is 11.2. The molecular weight excluding hydrogens is 733 g/mol. The molecule has 0 saturated heterocycles. The van der Waals surface area contributed by atoms with Crippen LogP contribution in [0.5, 0.6) is 0 Å². The third-order valence-electron chi connectivity index (χ3n) is 11.6. The fourth-order valence-electron chi connectivity index (χ4n) is 8.86. The summed E-state index contributed by atoms with van der Waals surface area (Å²) < 4.78 is 7.37. The summed E-state index contributed by atoms with van der Waals surface area (Å²) in [5.74, 6) is 2.44. The normalized spacial score (nSPS) is 15.8. The number of para-hydroxylation sites is 1. The average Bonchev–Trinajstić information content (AvgIpc) is 3.96. The van der Waals surface area contributed by atoms with Gasteiger partial charge in [0.05, 0.1) is 11.0 Å². The molecule has 6 heteroatoms. The highest BCUT2D eigenvalue weighted by Gasteiger charge is 2.21. The maximum absolute atomic E-state index is 5.30. The Bertz CT molecular complexity index is 3410. The second-order valence-electron chi connectivity index (χ2n) is 15.0. The summed E-state index contributed by atoms with van der Waals surface area (Å²) in [6.45, 7) is 0. The van der Waals surface area contributed by atoms with Crippen molar-refractivity contribution in [3.63, 3.8) is 0 Å². The van der Waals surface area contributed by atoms with E-state index in [0.717, 1.165) is 36.0 Å². The lowest BCUT2D eigenvalue weighted by atomic mass is 9.88. The Labute approximate surface area is 337 Å². The first-order chi connectivity index (χ1) is 28.2. The quantitative estimate of drug-likeness (QED) is 0.175. The van der Waals surface area contributed by atoms with E-state index >= 15 is 0 Å². The summed E-state index contributed by atoms with van der Waals surface area (Å²) in [5.41, 5.74) is 7.98. The molecule has 1 unspecified atom stereocenters. The van der Waals surface area contributed by atoms with E-state index in [0.29, 0.717) is 23.4 Å². The second kappa shape index (κ2) is 13.1. The summed E-state index contributed by atoms with van der Waals surface area (Å²) in [6.07, 6.45) is 17.4. The molecule has 2 aliphatic carbocycles. The first-order valence-corrected chi connectivity index (χ1v) is 21.2. The Balaban J connectivity index is 1.03. The lowest BCUT2D eigenvalue weighted by Crippen LogP contribution is -2.06. The van der Waals surface area contributed by atoms with Crippen LogP contribution in [0.15, 0.2) is 169 Å². The molecule has 2 aliphatic rings. The Kier molecular flexibility index (Phi) is 7.50. The van der Waals surface area contributed by atoms with Crippen molar-refractivity contribution in [1.82, 2.24) is 19.5 Å². The summed E-state index contributed by atoms with van der Waals surface area (Å²) in [4.78, 5) is 15.8. The zero-order chi connectivity index (χ0) is 37.5. The molecule has 4 aromatic heterocycles. The van der Waals surface area contributed by atoms with Crippen LogP contribution < -0.4 is 0 Å². The van der Waals surface area contributed by atoms with Crippen molar-refractivity contribution in [2.45, 2.75) is 19.3 Å². The van der Waals surface area contributed by atoms with E-state index in [1.54, 1.807) is 11.3 Å². The van der Waals surface area contributed by atoms with Gasteiger partial charge in [0, 0.05) is 79.4 Å². The highest BCUT2D eigenvalue weighted by Crippen LogP contribution is 2.42. The molecule has 0 radical (unpaired) electrons. The highest BCUT2D eigenvalue weighted by atomic mass is 32.1. The number of hydrogen-bond donors (Lipinski definition) is 0. The summed E-state index contributed by atoms with van der Waals surface area (Å²) in [5, 5.41) is 7.41. The molecule has 1 atom stereocenters. The molecule has 6 aromatic carbocycles. The van der Waals surface area contributed by atoms with Crippen LogP contribution in [0.4, 0.5) is 0 Å². The molecule has 0 N–H and O–H groups in total. The molecule has 10 aromatic rings. The number of benzene rings is 6. The van der Waals surface area contributed by atoms with E-state index in [1.165, 1.54) is 73.4 Å². The molecule has 0 spiro atoms. The van der Waals surface area contributed by atoms with E-state index in [1.807, 2.05) is 11.3 Å². The van der Waals surface area contributed by atoms with Gasteiger partial charge in [0.25, 0.3) is 0 Å². The van der Waals surface area contributed by atoms with Gasteiger partial charge in [-0.05, 0) is 79.4 Å². The van der Waals surface area contributed by atoms with Crippen molar-refractivity contribution in [2.24, 2.45) is 5.92 Å². The van der Waals surface area contributed by atoms with Gasteiger partial charge in [0.15, 0.2) is 17.5 Å². The predicted molar refractivity (Wildman–Crippen MR) is 243 cm³/mol. The first kappa shape index (κ1) is 32.7. The first-order valence-electron chi connectivity index (χ1n) is 19.6. The lowest BCUT2D eigenvalue weighted by molar-refractivity contribution is 0.769. The minimum Gasteiger partial charge on any atom is -0.310 e. The minimum absolute atomic E-state index is 0.426. The molecule has 0 bridgehead atoms. The maximum atomic E-state index is 5.30. The number of fused-ring (bicyclic) bond motifs is 9. The molecule has 57 heavy (non-hydrogen) atoms. The number of hydrogen-bond acceptors (Lipinski definition) is 5. The van der Waals surface area contributed by atoms with Crippen molar-refractivity contribution in [3.8, 4) is 34.2 Å². The molecule has 12 rings (SSSR count). The van der Waals surface area contributed by atoms with Gasteiger partial charge in [-0.25, -0.2) is 15.0 Å². The highest BCUT2D eigenvalue weighted by molar-refractivity contribution is 7.26. The van der Waals surface area contributed by atoms with E-state index < -0.39 is 0 Å². The smallest absolute Gasteiger partial charge is 0.165 e. The zero-order valence-corrected chi connectivity index (χ0v) is 32.5. The third kappa shape index (κ3) is 5.36. The van der Waals surface area contributed by atoms with Gasteiger partial charge in [0.2, 0.25) is 0 Å². The lowest BCUT2D eigenvalue weighted by Gasteiger charge is -2.20. The summed E-state index contributed by atoms with van der Waals surface area (Å²) in [7, 11) is 0. The largest absolute Gasteiger partial charge is 0.310 e. The van der Waals surface area contributed by atoms with Gasteiger partial charge in [-0.1, -0.05) is 109 Å².